The van der Waals surface area contributed by atoms with E-state index in [1.54, 1.807) is 7.11 Å². The second-order valence-electron chi connectivity index (χ2n) is 6.41. The molecule has 0 radical (unpaired) electrons. The highest BCUT2D eigenvalue weighted by atomic mass is 127. The Hall–Kier alpha value is -1.22. The number of nitrogens with one attached hydrogen (secondary N) is 2. The van der Waals surface area contributed by atoms with E-state index in [1.807, 2.05) is 25.1 Å². The van der Waals surface area contributed by atoms with E-state index in [0.717, 1.165) is 42.8 Å². The number of benzene rings is 1. The van der Waals surface area contributed by atoms with Crippen LogP contribution >= 0.6 is 24.0 Å². The molecule has 0 amide bonds. The molecule has 1 fully saturated rings. The van der Waals surface area contributed by atoms with Crippen LogP contribution in [-0.4, -0.2) is 57.8 Å². The van der Waals surface area contributed by atoms with Gasteiger partial charge in [-0.15, -0.1) is 24.0 Å². The molecule has 1 saturated heterocycles. The molecule has 1 aliphatic rings. The van der Waals surface area contributed by atoms with Crippen molar-refractivity contribution in [3.05, 3.63) is 18.2 Å². The molecule has 2 rings (SSSR count). The number of nitrogens with zero attached hydrogens (tertiary/aromatic N) is 2. The van der Waals surface area contributed by atoms with Crippen LogP contribution in [0.5, 0.6) is 11.5 Å². The molecule has 0 aromatic heterocycles. The van der Waals surface area contributed by atoms with E-state index >= 15 is 0 Å². The lowest BCUT2D eigenvalue weighted by molar-refractivity contribution is 0.214. The molecule has 0 saturated carbocycles. The van der Waals surface area contributed by atoms with Gasteiger partial charge in [-0.3, -0.25) is 4.99 Å². The number of piperidine rings is 1. The normalized spacial score (nSPS) is 18.0. The molecular weight excluding hydrogens is 443 g/mol. The molecule has 1 aromatic rings. The maximum Gasteiger partial charge on any atom is 0.195 e. The van der Waals surface area contributed by atoms with Crippen LogP contribution in [0.2, 0.25) is 0 Å². The van der Waals surface area contributed by atoms with E-state index in [0.29, 0.717) is 12.5 Å². The Bertz CT molecular complexity index is 568. The molecule has 1 unspecified atom stereocenters. The number of rotatable bonds is 7. The number of ether oxygens (including phenoxy) is 2. The number of hydrogen-bond donors (Lipinski definition) is 2. The molecular formula is C19H33IN4O2. The van der Waals surface area contributed by atoms with Crippen LogP contribution in [0.1, 0.15) is 26.7 Å². The van der Waals surface area contributed by atoms with Crippen LogP contribution in [0.3, 0.4) is 0 Å². The van der Waals surface area contributed by atoms with Crippen molar-refractivity contribution in [2.24, 2.45) is 10.9 Å². The Labute approximate surface area is 174 Å². The molecule has 1 heterocycles. The van der Waals surface area contributed by atoms with Crippen molar-refractivity contribution in [3.63, 3.8) is 0 Å². The highest BCUT2D eigenvalue weighted by Gasteiger charge is 2.17. The summed E-state index contributed by atoms with van der Waals surface area (Å²) in [5.41, 5.74) is 0.931. The van der Waals surface area contributed by atoms with E-state index in [4.69, 9.17) is 14.5 Å². The van der Waals surface area contributed by atoms with Crippen molar-refractivity contribution in [3.8, 4) is 11.5 Å². The van der Waals surface area contributed by atoms with E-state index in [-0.39, 0.29) is 24.0 Å². The first-order valence-electron chi connectivity index (χ1n) is 9.21. The lowest BCUT2D eigenvalue weighted by Gasteiger charge is -2.28. The molecule has 1 aliphatic heterocycles. The van der Waals surface area contributed by atoms with Gasteiger partial charge in [0.25, 0.3) is 0 Å². The molecule has 1 aromatic carbocycles. The van der Waals surface area contributed by atoms with Gasteiger partial charge < -0.3 is 25.0 Å². The zero-order valence-electron chi connectivity index (χ0n) is 16.4. The molecule has 1 atom stereocenters. The maximum atomic E-state index is 5.57. The van der Waals surface area contributed by atoms with E-state index < -0.39 is 0 Å². The minimum Gasteiger partial charge on any atom is -0.493 e. The molecule has 148 valence electrons. The summed E-state index contributed by atoms with van der Waals surface area (Å²) in [5.74, 6) is 2.91. The lowest BCUT2D eigenvalue weighted by atomic mass is 9.99. The van der Waals surface area contributed by atoms with Gasteiger partial charge in [-0.05, 0) is 58.3 Å². The van der Waals surface area contributed by atoms with Gasteiger partial charge in [-0.1, -0.05) is 0 Å². The van der Waals surface area contributed by atoms with Crippen molar-refractivity contribution in [1.29, 1.82) is 0 Å². The summed E-state index contributed by atoms with van der Waals surface area (Å²) >= 11 is 0. The monoisotopic (exact) mass is 476 g/mol. The summed E-state index contributed by atoms with van der Waals surface area (Å²) < 4.78 is 11.0. The van der Waals surface area contributed by atoms with Crippen LogP contribution in [0, 0.1) is 5.92 Å². The average molecular weight is 476 g/mol. The number of methoxy groups -OCH3 is 1. The smallest absolute Gasteiger partial charge is 0.195 e. The standard InChI is InChI=1S/C19H32N4O2.HI/c1-5-20-19(21-13-15-8-7-11-23(3)14-15)22-16-9-10-17(25-6-2)18(12-16)24-4;/h9-10,12,15H,5-8,11,13-14H2,1-4H3,(H2,20,21,22);1H. The molecule has 26 heavy (non-hydrogen) atoms. The highest BCUT2D eigenvalue weighted by Crippen LogP contribution is 2.30. The zero-order chi connectivity index (χ0) is 18.1. The minimum absolute atomic E-state index is 0. The maximum absolute atomic E-state index is 5.57. The van der Waals surface area contributed by atoms with Gasteiger partial charge in [-0.25, -0.2) is 0 Å². The quantitative estimate of drug-likeness (QED) is 0.359. The average Bonchev–Trinajstić information content (AvgIpc) is 2.61. The summed E-state index contributed by atoms with van der Waals surface area (Å²) in [4.78, 5) is 7.17. The van der Waals surface area contributed by atoms with Gasteiger partial charge in [-0.2, -0.15) is 0 Å². The molecule has 0 bridgehead atoms. The molecule has 7 heteroatoms. The Kier molecular flexibility index (Phi) is 10.7. The molecule has 6 nitrogen and oxygen atoms in total. The Balaban J connectivity index is 0.00000338. The third-order valence-electron chi connectivity index (χ3n) is 4.30. The van der Waals surface area contributed by atoms with E-state index in [2.05, 4.69) is 29.5 Å². The fourth-order valence-electron chi connectivity index (χ4n) is 3.11. The van der Waals surface area contributed by atoms with Crippen LogP contribution < -0.4 is 20.1 Å². The SMILES string of the molecule is CCNC(=NCC1CCCN(C)C1)Nc1ccc(OCC)c(OC)c1.I. The third-order valence-corrected chi connectivity index (χ3v) is 4.30. The highest BCUT2D eigenvalue weighted by molar-refractivity contribution is 14.0. The molecule has 0 spiro atoms. The van der Waals surface area contributed by atoms with Crippen LogP contribution in [0.4, 0.5) is 5.69 Å². The summed E-state index contributed by atoms with van der Waals surface area (Å²) in [5, 5.41) is 6.68. The number of halogens is 1. The van der Waals surface area contributed by atoms with Crippen LogP contribution in [0.15, 0.2) is 23.2 Å². The number of aliphatic imine (C=N–C) groups is 1. The second kappa shape index (κ2) is 12.2. The summed E-state index contributed by atoms with van der Waals surface area (Å²) in [6.07, 6.45) is 2.51. The fraction of sp³-hybridized carbons (Fsp3) is 0.632. The number of anilines is 1. The Morgan fingerprint density at radius 3 is 2.77 bits per heavy atom. The van der Waals surface area contributed by atoms with Gasteiger partial charge in [0.2, 0.25) is 0 Å². The second-order valence-corrected chi connectivity index (χ2v) is 6.41. The van der Waals surface area contributed by atoms with Gasteiger partial charge in [0.15, 0.2) is 17.5 Å². The first kappa shape index (κ1) is 22.8. The first-order valence-corrected chi connectivity index (χ1v) is 9.21. The van der Waals surface area contributed by atoms with E-state index in [1.165, 1.54) is 19.4 Å². The Morgan fingerprint density at radius 2 is 2.12 bits per heavy atom. The lowest BCUT2D eigenvalue weighted by Crippen LogP contribution is -2.35. The predicted octanol–water partition coefficient (Wildman–Crippen LogP) is 3.43. The summed E-state index contributed by atoms with van der Waals surface area (Å²) in [6, 6.07) is 5.84. The topological polar surface area (TPSA) is 58.1 Å². The molecule has 2 N–H and O–H groups in total. The fourth-order valence-corrected chi connectivity index (χ4v) is 3.11. The zero-order valence-corrected chi connectivity index (χ0v) is 18.7. The van der Waals surface area contributed by atoms with Crippen molar-refractivity contribution < 1.29 is 9.47 Å². The van der Waals surface area contributed by atoms with E-state index in [9.17, 15) is 0 Å². The number of hydrogen-bond acceptors (Lipinski definition) is 4. The van der Waals surface area contributed by atoms with Crippen molar-refractivity contribution in [1.82, 2.24) is 10.2 Å². The minimum atomic E-state index is 0. The van der Waals surface area contributed by atoms with Gasteiger partial charge in [0, 0.05) is 31.4 Å². The van der Waals surface area contributed by atoms with Crippen molar-refractivity contribution in [2.75, 3.05) is 52.3 Å². The third kappa shape index (κ3) is 7.19. The first-order chi connectivity index (χ1) is 12.2. The number of guanidine groups is 1. The van der Waals surface area contributed by atoms with Crippen LogP contribution in [-0.2, 0) is 0 Å². The van der Waals surface area contributed by atoms with Crippen molar-refractivity contribution in [2.45, 2.75) is 26.7 Å². The van der Waals surface area contributed by atoms with Gasteiger partial charge in [0.1, 0.15) is 0 Å². The predicted molar refractivity (Wildman–Crippen MR) is 119 cm³/mol. The Morgan fingerprint density at radius 1 is 1.31 bits per heavy atom. The summed E-state index contributed by atoms with van der Waals surface area (Å²) in [6.45, 7) is 8.64. The van der Waals surface area contributed by atoms with Gasteiger partial charge in [0.05, 0.1) is 13.7 Å². The molecule has 0 aliphatic carbocycles. The summed E-state index contributed by atoms with van der Waals surface area (Å²) in [7, 11) is 3.84. The largest absolute Gasteiger partial charge is 0.493 e. The number of likely N-dealkylation sites (tertiary alicyclic amines) is 1. The van der Waals surface area contributed by atoms with Crippen LogP contribution in [0.25, 0.3) is 0 Å². The van der Waals surface area contributed by atoms with Gasteiger partial charge >= 0.3 is 0 Å². The van der Waals surface area contributed by atoms with Crippen molar-refractivity contribution >= 4 is 35.6 Å².